The summed E-state index contributed by atoms with van der Waals surface area (Å²) in [7, 11) is 3.42. The highest BCUT2D eigenvalue weighted by Crippen LogP contribution is 2.33. The van der Waals surface area contributed by atoms with Crippen molar-refractivity contribution in [2.24, 2.45) is 12.0 Å². The number of ether oxygens (including phenoxy) is 5. The number of rotatable bonds is 17. The van der Waals surface area contributed by atoms with E-state index in [0.29, 0.717) is 83.5 Å². The molecule has 0 fully saturated rings. The van der Waals surface area contributed by atoms with E-state index >= 15 is 0 Å². The number of hydrogen-bond acceptors (Lipinski definition) is 15. The van der Waals surface area contributed by atoms with Crippen LogP contribution in [0.2, 0.25) is 0 Å². The lowest BCUT2D eigenvalue weighted by Gasteiger charge is -2.23. The number of fused-ring (bicyclic) bond motifs is 3. The van der Waals surface area contributed by atoms with E-state index in [4.69, 9.17) is 28.8 Å². The fourth-order valence-corrected chi connectivity index (χ4v) is 8.91. The van der Waals surface area contributed by atoms with Crippen LogP contribution < -0.4 is 18.9 Å². The van der Waals surface area contributed by atoms with Crippen LogP contribution in [0.4, 0.5) is 0 Å². The van der Waals surface area contributed by atoms with E-state index in [2.05, 4.69) is 49.2 Å². The SMILES string of the molecule is CC(C)n1nccc1C1=C(COc2ccc3cn(C)nc3c2C=O)CCOC1.COc1ncccc1-c1ncccc1COc1ccc2c(c1C=O)CN=C2.O=Cc1c(OCc2ccc(C(=O)O)cc2)ccc2c[nH]nc12. The van der Waals surface area contributed by atoms with Gasteiger partial charge >= 0.3 is 5.97 Å². The maximum absolute atomic E-state index is 11.7. The zero-order valence-electron chi connectivity index (χ0n) is 42.6. The molecule has 0 atom stereocenters. The third kappa shape index (κ3) is 11.7. The molecule has 5 aromatic heterocycles. The minimum absolute atomic E-state index is 0.218. The zero-order chi connectivity index (χ0) is 53.8. The number of H-pyrrole nitrogens is 1. The molecule has 0 aliphatic carbocycles. The summed E-state index contributed by atoms with van der Waals surface area (Å²) < 4.78 is 32.5. The van der Waals surface area contributed by atoms with Crippen LogP contribution in [0, 0.1) is 0 Å². The number of nitrogens with zero attached hydrogens (tertiary/aromatic N) is 8. The number of aromatic nitrogens is 8. The molecular formula is C58H53N9O10. The highest BCUT2D eigenvalue weighted by molar-refractivity contribution is 5.99. The van der Waals surface area contributed by atoms with Gasteiger partial charge in [-0.25, -0.2) is 9.78 Å². The molecule has 0 spiro atoms. The van der Waals surface area contributed by atoms with Gasteiger partial charge in [0.1, 0.15) is 48.1 Å². The van der Waals surface area contributed by atoms with E-state index in [0.717, 1.165) is 74.5 Å². The Kier molecular flexibility index (Phi) is 16.4. The van der Waals surface area contributed by atoms with Gasteiger partial charge in [-0.1, -0.05) is 18.2 Å². The van der Waals surface area contributed by atoms with Crippen molar-refractivity contribution in [2.75, 3.05) is 26.9 Å². The van der Waals surface area contributed by atoms with Gasteiger partial charge in [0.05, 0.1) is 66.1 Å². The van der Waals surface area contributed by atoms with Gasteiger partial charge in [-0.05, 0) is 115 Å². The van der Waals surface area contributed by atoms with Crippen LogP contribution in [0.25, 0.3) is 38.6 Å². The molecule has 2 aliphatic rings. The van der Waals surface area contributed by atoms with E-state index in [1.54, 1.807) is 60.9 Å². The first-order chi connectivity index (χ1) is 37.6. The van der Waals surface area contributed by atoms with E-state index in [9.17, 15) is 19.2 Å². The second kappa shape index (κ2) is 24.2. The molecule has 390 valence electrons. The van der Waals surface area contributed by atoms with Crippen molar-refractivity contribution < 1.29 is 48.0 Å². The number of methoxy groups -OCH3 is 1. The van der Waals surface area contributed by atoms with E-state index in [-0.39, 0.29) is 24.8 Å². The largest absolute Gasteiger partial charge is 0.488 e. The third-order valence-corrected chi connectivity index (χ3v) is 12.8. The fourth-order valence-electron chi connectivity index (χ4n) is 8.91. The predicted molar refractivity (Wildman–Crippen MR) is 287 cm³/mol. The number of carboxylic acid groups (broad SMARTS) is 1. The van der Waals surface area contributed by atoms with Crippen molar-refractivity contribution in [1.82, 2.24) is 39.7 Å². The van der Waals surface area contributed by atoms with Crippen molar-refractivity contribution in [3.63, 3.8) is 0 Å². The molecule has 0 bridgehead atoms. The maximum atomic E-state index is 11.7. The lowest BCUT2D eigenvalue weighted by atomic mass is 10.0. The molecule has 11 rings (SSSR count). The highest BCUT2D eigenvalue weighted by atomic mass is 16.5. The molecule has 4 aromatic carbocycles. The molecule has 2 aliphatic heterocycles. The Morgan fingerprint density at radius 2 is 1.49 bits per heavy atom. The van der Waals surface area contributed by atoms with Crippen molar-refractivity contribution in [3.05, 3.63) is 178 Å². The summed E-state index contributed by atoms with van der Waals surface area (Å²) in [4.78, 5) is 58.3. The quantitative estimate of drug-likeness (QED) is 0.0808. The Balaban J connectivity index is 0.000000142. The number of pyridine rings is 2. The zero-order valence-corrected chi connectivity index (χ0v) is 42.6. The molecule has 0 saturated heterocycles. The molecule has 0 radical (unpaired) electrons. The maximum Gasteiger partial charge on any atom is 0.335 e. The van der Waals surface area contributed by atoms with E-state index in [1.807, 2.05) is 78.7 Å². The molecule has 7 heterocycles. The second-order valence-electron chi connectivity index (χ2n) is 18.0. The number of aromatic carboxylic acids is 1. The Bertz CT molecular complexity index is 3670. The Hall–Kier alpha value is -9.62. The molecule has 0 amide bonds. The van der Waals surface area contributed by atoms with Gasteiger partial charge in [0.15, 0.2) is 18.9 Å². The number of nitrogens with one attached hydrogen (secondary N) is 1. The standard InChI is InChI=1S/C21H24N4O3.C21H17N3O3.C16H12N2O4/c1-14(2)25-19(6-8-22-25)18-13-27-9-7-16(18)12-28-20-5-4-15-10-24(3)23-21(15)17(20)11-26;1-26-21-16(5-3-9-24-21)20-15(4-2-8-23-20)13-27-19-7-6-14-10-22-11-17(14)18(19)12-25;19-8-13-14(6-5-12-7-17-18-15(12)13)22-9-10-1-3-11(4-2-10)16(20)21/h4-6,8,10-11,14H,7,9,12-13H2,1-3H3;2-10,12H,11,13H2,1H3;1-8H,9H2,(H,17,18)(H,20,21). The van der Waals surface area contributed by atoms with Crippen LogP contribution >= 0.6 is 0 Å². The molecule has 9 aromatic rings. The molecule has 2 N–H and O–H groups in total. The molecule has 0 unspecified atom stereocenters. The summed E-state index contributed by atoms with van der Waals surface area (Å²) >= 11 is 0. The van der Waals surface area contributed by atoms with Crippen molar-refractivity contribution in [1.29, 1.82) is 0 Å². The Labute approximate surface area is 441 Å². The summed E-state index contributed by atoms with van der Waals surface area (Å²) in [5, 5.41) is 26.2. The molecule has 19 heteroatoms. The number of carboxylic acids is 1. The Morgan fingerprint density at radius 1 is 0.792 bits per heavy atom. The van der Waals surface area contributed by atoms with Crippen molar-refractivity contribution in [2.45, 2.75) is 46.1 Å². The number of hydrogen-bond donors (Lipinski definition) is 2. The number of aromatic amines is 1. The molecular weight excluding hydrogens is 983 g/mol. The number of carbonyl (C=O) groups is 4. The minimum atomic E-state index is -0.973. The number of aliphatic imine (C=N–C) groups is 1. The van der Waals surface area contributed by atoms with Crippen LogP contribution in [-0.4, -0.2) is 103 Å². The smallest absolute Gasteiger partial charge is 0.335 e. The number of benzene rings is 4. The summed E-state index contributed by atoms with van der Waals surface area (Å²) in [5.41, 5.74) is 11.3. The van der Waals surface area contributed by atoms with Crippen LogP contribution in [0.15, 0.2) is 133 Å². The lowest BCUT2D eigenvalue weighted by Crippen LogP contribution is -2.18. The van der Waals surface area contributed by atoms with Gasteiger partial charge < -0.3 is 28.8 Å². The van der Waals surface area contributed by atoms with Gasteiger partial charge in [-0.3, -0.25) is 38.8 Å². The minimum Gasteiger partial charge on any atom is -0.488 e. The first kappa shape index (κ1) is 52.3. The monoisotopic (exact) mass is 1040 g/mol. The summed E-state index contributed by atoms with van der Waals surface area (Å²) in [6, 6.07) is 27.2. The van der Waals surface area contributed by atoms with E-state index < -0.39 is 5.97 Å². The van der Waals surface area contributed by atoms with Gasteiger partial charge in [-0.2, -0.15) is 15.3 Å². The molecule has 0 saturated carbocycles. The van der Waals surface area contributed by atoms with Gasteiger partial charge in [0, 0.05) is 72.2 Å². The average Bonchev–Trinajstić information content (AvgIpc) is 4.32. The van der Waals surface area contributed by atoms with Crippen LogP contribution in [-0.2, 0) is 31.5 Å². The predicted octanol–water partition coefficient (Wildman–Crippen LogP) is 9.54. The van der Waals surface area contributed by atoms with Crippen LogP contribution in [0.5, 0.6) is 23.1 Å². The summed E-state index contributed by atoms with van der Waals surface area (Å²) in [6.07, 6.45) is 13.7. The Morgan fingerprint density at radius 3 is 2.25 bits per heavy atom. The number of aldehydes is 3. The van der Waals surface area contributed by atoms with Gasteiger partial charge in [0.25, 0.3) is 0 Å². The first-order valence-electron chi connectivity index (χ1n) is 24.5. The third-order valence-electron chi connectivity index (χ3n) is 12.8. The second-order valence-corrected chi connectivity index (χ2v) is 18.0. The van der Waals surface area contributed by atoms with Crippen molar-refractivity contribution in [3.8, 4) is 34.4 Å². The average molecular weight is 1040 g/mol. The van der Waals surface area contributed by atoms with E-state index in [1.165, 1.54) is 17.7 Å². The lowest BCUT2D eigenvalue weighted by molar-refractivity contribution is 0.0696. The summed E-state index contributed by atoms with van der Waals surface area (Å²) in [5.74, 6) is 1.07. The normalized spacial score (nSPS) is 12.6. The molecule has 19 nitrogen and oxygen atoms in total. The van der Waals surface area contributed by atoms with Gasteiger partial charge in [0.2, 0.25) is 5.88 Å². The highest BCUT2D eigenvalue weighted by Gasteiger charge is 2.22. The van der Waals surface area contributed by atoms with Crippen molar-refractivity contribution >= 4 is 58.4 Å². The topological polar surface area (TPSA) is 237 Å². The van der Waals surface area contributed by atoms with Crippen LogP contribution in [0.3, 0.4) is 0 Å². The van der Waals surface area contributed by atoms with Crippen LogP contribution in [0.1, 0.15) is 95.7 Å². The number of carbonyl (C=O) groups excluding carboxylic acids is 3. The van der Waals surface area contributed by atoms with Gasteiger partial charge in [-0.15, -0.1) is 0 Å². The fraction of sp³-hybridized carbons (Fsp3) is 0.207. The number of aryl methyl sites for hydroxylation is 1. The first-order valence-corrected chi connectivity index (χ1v) is 24.5. The summed E-state index contributed by atoms with van der Waals surface area (Å²) in [6.45, 7) is 6.82. The molecule has 77 heavy (non-hydrogen) atoms.